The molecule has 8 N–H and O–H groups in total. The first-order valence-electron chi connectivity index (χ1n) is 9.48. The molecule has 0 aromatic carbocycles. The summed E-state index contributed by atoms with van der Waals surface area (Å²) in [4.78, 5) is 71.6. The van der Waals surface area contributed by atoms with Crippen LogP contribution in [0.25, 0.3) is 0 Å². The number of nitrogens with two attached hydrogens (primary N) is 2. The van der Waals surface area contributed by atoms with Gasteiger partial charge < -0.3 is 37.2 Å². The largest absolute Gasteiger partial charge is 0.481 e. The Morgan fingerprint density at radius 2 is 1.74 bits per heavy atom. The number of aliphatic carboxylic acids is 2. The van der Waals surface area contributed by atoms with Crippen molar-refractivity contribution in [1.82, 2.24) is 15.5 Å². The van der Waals surface area contributed by atoms with E-state index in [0.717, 1.165) is 0 Å². The van der Waals surface area contributed by atoms with E-state index in [0.29, 0.717) is 6.42 Å². The van der Waals surface area contributed by atoms with Crippen LogP contribution in [0.2, 0.25) is 0 Å². The highest BCUT2D eigenvalue weighted by Gasteiger charge is 2.39. The van der Waals surface area contributed by atoms with Gasteiger partial charge in [0.1, 0.15) is 18.1 Å². The standard InChI is InChI=1S/C17H27N5O8S/c18-8(3-4-12(19)23)14(26)21-10(7-31)16(28)22-5-1-2-11(22)15(27)20-9(17(29)30)6-13(24)25/h8-11,31H,1-7,18H2,(H2,19,23)(H,20,27)(H,21,26)(H,24,25)(H,29,30). The first-order chi connectivity index (χ1) is 14.5. The van der Waals surface area contributed by atoms with Crippen molar-refractivity contribution in [2.24, 2.45) is 11.5 Å². The Morgan fingerprint density at radius 1 is 1.10 bits per heavy atom. The number of carboxylic acids is 2. The van der Waals surface area contributed by atoms with Crippen LogP contribution in [0.15, 0.2) is 0 Å². The number of amides is 4. The highest BCUT2D eigenvalue weighted by Crippen LogP contribution is 2.19. The SMILES string of the molecule is NC(=O)CCC(N)C(=O)NC(CS)C(=O)N1CCCC1C(=O)NC(CC(=O)O)C(=O)O. The van der Waals surface area contributed by atoms with Gasteiger partial charge >= 0.3 is 11.9 Å². The number of rotatable bonds is 12. The fourth-order valence-electron chi connectivity index (χ4n) is 3.04. The molecule has 1 rings (SSSR count). The molecular formula is C17H27N5O8S. The second-order valence-electron chi connectivity index (χ2n) is 7.04. The summed E-state index contributed by atoms with van der Waals surface area (Å²) in [7, 11) is 0. The summed E-state index contributed by atoms with van der Waals surface area (Å²) < 4.78 is 0. The van der Waals surface area contributed by atoms with Gasteiger partial charge in [0.2, 0.25) is 23.6 Å². The van der Waals surface area contributed by atoms with Crippen molar-refractivity contribution in [3.63, 3.8) is 0 Å². The molecule has 1 aliphatic rings. The van der Waals surface area contributed by atoms with E-state index in [4.69, 9.17) is 21.7 Å². The lowest BCUT2D eigenvalue weighted by Gasteiger charge is -2.29. The summed E-state index contributed by atoms with van der Waals surface area (Å²) in [6.45, 7) is 0.182. The minimum Gasteiger partial charge on any atom is -0.481 e. The second-order valence-corrected chi connectivity index (χ2v) is 7.41. The summed E-state index contributed by atoms with van der Waals surface area (Å²) in [5, 5.41) is 22.4. The number of primary amides is 1. The van der Waals surface area contributed by atoms with Gasteiger partial charge in [0.25, 0.3) is 0 Å². The third kappa shape index (κ3) is 8.05. The number of nitrogens with zero attached hydrogens (tertiary/aromatic N) is 1. The average Bonchev–Trinajstić information content (AvgIpc) is 3.18. The van der Waals surface area contributed by atoms with Crippen molar-refractivity contribution in [3.8, 4) is 0 Å². The predicted octanol–water partition coefficient (Wildman–Crippen LogP) is -2.97. The molecule has 1 saturated heterocycles. The quantitative estimate of drug-likeness (QED) is 0.147. The Balaban J connectivity index is 2.81. The molecule has 0 radical (unpaired) electrons. The lowest BCUT2D eigenvalue weighted by molar-refractivity contribution is -0.148. The van der Waals surface area contributed by atoms with Crippen LogP contribution >= 0.6 is 12.6 Å². The van der Waals surface area contributed by atoms with Crippen molar-refractivity contribution in [3.05, 3.63) is 0 Å². The van der Waals surface area contributed by atoms with Crippen LogP contribution in [0.1, 0.15) is 32.1 Å². The molecule has 0 bridgehead atoms. The van der Waals surface area contributed by atoms with Gasteiger partial charge in [-0.3, -0.25) is 24.0 Å². The molecule has 174 valence electrons. The Bertz CT molecular complexity index is 733. The molecule has 14 heteroatoms. The zero-order chi connectivity index (χ0) is 23.7. The minimum absolute atomic E-state index is 0.0104. The third-order valence-corrected chi connectivity index (χ3v) is 5.03. The fourth-order valence-corrected chi connectivity index (χ4v) is 3.29. The van der Waals surface area contributed by atoms with Crippen molar-refractivity contribution < 1.29 is 39.0 Å². The van der Waals surface area contributed by atoms with Crippen molar-refractivity contribution in [1.29, 1.82) is 0 Å². The van der Waals surface area contributed by atoms with Crippen LogP contribution in [0, 0.1) is 0 Å². The lowest BCUT2D eigenvalue weighted by atomic mass is 10.1. The molecule has 0 aliphatic carbocycles. The van der Waals surface area contributed by atoms with Crippen LogP contribution in [0.4, 0.5) is 0 Å². The maximum atomic E-state index is 12.9. The van der Waals surface area contributed by atoms with E-state index in [-0.39, 0.29) is 31.6 Å². The molecule has 1 aliphatic heterocycles. The van der Waals surface area contributed by atoms with Gasteiger partial charge in [-0.05, 0) is 19.3 Å². The van der Waals surface area contributed by atoms with Crippen LogP contribution in [0.5, 0.6) is 0 Å². The monoisotopic (exact) mass is 461 g/mol. The Hall–Kier alpha value is -2.87. The van der Waals surface area contributed by atoms with Gasteiger partial charge in [-0.15, -0.1) is 0 Å². The Kier molecular flexibility index (Phi) is 10.2. The molecule has 31 heavy (non-hydrogen) atoms. The number of nitrogens with one attached hydrogen (secondary N) is 2. The number of likely N-dealkylation sites (tertiary alicyclic amines) is 1. The van der Waals surface area contributed by atoms with E-state index in [1.165, 1.54) is 4.90 Å². The molecular weight excluding hydrogens is 434 g/mol. The van der Waals surface area contributed by atoms with Crippen LogP contribution < -0.4 is 22.1 Å². The van der Waals surface area contributed by atoms with Gasteiger partial charge in [-0.1, -0.05) is 0 Å². The van der Waals surface area contributed by atoms with Gasteiger partial charge in [0.15, 0.2) is 0 Å². The zero-order valence-electron chi connectivity index (χ0n) is 16.7. The number of hydrogen-bond donors (Lipinski definition) is 7. The maximum Gasteiger partial charge on any atom is 0.326 e. The highest BCUT2D eigenvalue weighted by molar-refractivity contribution is 7.80. The summed E-state index contributed by atoms with van der Waals surface area (Å²) in [5.74, 6) is -5.76. The first-order valence-corrected chi connectivity index (χ1v) is 10.1. The fraction of sp³-hybridized carbons (Fsp3) is 0.647. The number of carbonyl (C=O) groups excluding carboxylic acids is 4. The molecule has 0 aromatic rings. The van der Waals surface area contributed by atoms with E-state index in [2.05, 4.69) is 23.3 Å². The van der Waals surface area contributed by atoms with Gasteiger partial charge in [0, 0.05) is 18.7 Å². The third-order valence-electron chi connectivity index (χ3n) is 4.67. The molecule has 1 heterocycles. The molecule has 13 nitrogen and oxygen atoms in total. The molecule has 4 amide bonds. The van der Waals surface area contributed by atoms with Gasteiger partial charge in [-0.25, -0.2) is 4.79 Å². The van der Waals surface area contributed by atoms with Crippen LogP contribution in [-0.4, -0.2) is 87.1 Å². The van der Waals surface area contributed by atoms with Gasteiger partial charge in [-0.2, -0.15) is 12.6 Å². The molecule has 4 atom stereocenters. The van der Waals surface area contributed by atoms with Crippen molar-refractivity contribution in [2.75, 3.05) is 12.3 Å². The smallest absolute Gasteiger partial charge is 0.326 e. The maximum absolute atomic E-state index is 12.9. The van der Waals surface area contributed by atoms with E-state index in [1.54, 1.807) is 0 Å². The lowest BCUT2D eigenvalue weighted by Crippen LogP contribution is -2.57. The average molecular weight is 461 g/mol. The van der Waals surface area contributed by atoms with Crippen LogP contribution in [-0.2, 0) is 28.8 Å². The summed E-state index contributed by atoms with van der Waals surface area (Å²) in [5.41, 5.74) is 10.7. The first kappa shape index (κ1) is 26.2. The Labute approximate surface area is 183 Å². The number of hydrogen-bond acceptors (Lipinski definition) is 8. The summed E-state index contributed by atoms with van der Waals surface area (Å²) in [6, 6.07) is -4.86. The predicted molar refractivity (Wildman–Crippen MR) is 109 cm³/mol. The number of thiol groups is 1. The number of carbonyl (C=O) groups is 6. The Morgan fingerprint density at radius 3 is 2.26 bits per heavy atom. The minimum atomic E-state index is -1.65. The summed E-state index contributed by atoms with van der Waals surface area (Å²) >= 11 is 4.06. The normalized spacial score (nSPS) is 18.5. The van der Waals surface area contributed by atoms with E-state index in [1.807, 2.05) is 0 Å². The molecule has 0 aromatic heterocycles. The zero-order valence-corrected chi connectivity index (χ0v) is 17.5. The van der Waals surface area contributed by atoms with Gasteiger partial charge in [0.05, 0.1) is 12.5 Å². The van der Waals surface area contributed by atoms with E-state index < -0.39 is 66.2 Å². The van der Waals surface area contributed by atoms with Crippen molar-refractivity contribution in [2.45, 2.75) is 56.3 Å². The van der Waals surface area contributed by atoms with E-state index >= 15 is 0 Å². The van der Waals surface area contributed by atoms with Crippen molar-refractivity contribution >= 4 is 48.2 Å². The second kappa shape index (κ2) is 12.1. The summed E-state index contributed by atoms with van der Waals surface area (Å²) in [6.07, 6.45) is -0.248. The molecule has 1 fully saturated rings. The molecule has 0 saturated carbocycles. The molecule has 4 unspecified atom stereocenters. The number of carboxylic acid groups (broad SMARTS) is 2. The van der Waals surface area contributed by atoms with Crippen LogP contribution in [0.3, 0.4) is 0 Å². The highest BCUT2D eigenvalue weighted by atomic mass is 32.1. The van der Waals surface area contributed by atoms with E-state index in [9.17, 15) is 28.8 Å². The molecule has 0 spiro atoms. The topological polar surface area (TPSA) is 222 Å².